The molecule has 1 atom stereocenters. The molecule has 1 aromatic carbocycles. The molecule has 0 bridgehead atoms. The van der Waals surface area contributed by atoms with E-state index in [1.54, 1.807) is 12.1 Å². The monoisotopic (exact) mass is 253 g/mol. The Morgan fingerprint density at radius 2 is 1.89 bits per heavy atom. The molecule has 0 heterocycles. The molecule has 1 unspecified atom stereocenters. The van der Waals surface area contributed by atoms with Crippen molar-refractivity contribution in [3.8, 4) is 0 Å². The molecule has 4 heteroatoms. The molecule has 1 aromatic rings. The van der Waals surface area contributed by atoms with Crippen LogP contribution in [-0.4, -0.2) is 24.7 Å². The average molecular weight is 253 g/mol. The fourth-order valence-electron chi connectivity index (χ4n) is 1.61. The number of carbonyl (C=O) groups excluding carboxylic acids is 1. The van der Waals surface area contributed by atoms with Crippen molar-refractivity contribution in [2.24, 2.45) is 0 Å². The van der Waals surface area contributed by atoms with E-state index in [4.69, 9.17) is 4.74 Å². The Morgan fingerprint density at radius 1 is 1.28 bits per heavy atom. The zero-order chi connectivity index (χ0) is 13.5. The largest absolute Gasteiger partial charge is 0.462 e. The molecule has 3 nitrogen and oxygen atoms in total. The zero-order valence-electron chi connectivity index (χ0n) is 11.1. The van der Waals surface area contributed by atoms with Gasteiger partial charge < -0.3 is 10.1 Å². The van der Waals surface area contributed by atoms with E-state index in [2.05, 4.69) is 5.32 Å². The summed E-state index contributed by atoms with van der Waals surface area (Å²) >= 11 is 0. The second kappa shape index (κ2) is 7.11. The number of ether oxygens (including phenoxy) is 1. The van der Waals surface area contributed by atoms with Gasteiger partial charge in [0.25, 0.3) is 0 Å². The Hall–Kier alpha value is -1.42. The van der Waals surface area contributed by atoms with Gasteiger partial charge in [-0.3, -0.25) is 4.79 Å². The summed E-state index contributed by atoms with van der Waals surface area (Å²) in [6, 6.07) is 6.51. The van der Waals surface area contributed by atoms with Crippen molar-refractivity contribution in [3.05, 3.63) is 35.6 Å². The summed E-state index contributed by atoms with van der Waals surface area (Å²) in [6.07, 6.45) is 0.654. The van der Waals surface area contributed by atoms with Gasteiger partial charge in [0.2, 0.25) is 0 Å². The fourth-order valence-corrected chi connectivity index (χ4v) is 1.61. The SMILES string of the molecule is CC(Cc1ccc(F)cc1)NCC(=O)OC(C)C. The number of nitrogens with one attached hydrogen (secondary N) is 1. The molecule has 1 rings (SSSR count). The molecule has 0 saturated heterocycles. The van der Waals surface area contributed by atoms with Crippen LogP contribution in [0.5, 0.6) is 0 Å². The highest BCUT2D eigenvalue weighted by Crippen LogP contribution is 2.05. The van der Waals surface area contributed by atoms with Crippen LogP contribution in [0.25, 0.3) is 0 Å². The minimum Gasteiger partial charge on any atom is -0.462 e. The normalized spacial score (nSPS) is 12.5. The average Bonchev–Trinajstić information content (AvgIpc) is 2.29. The molecule has 0 aliphatic carbocycles. The maximum Gasteiger partial charge on any atom is 0.320 e. The molecule has 1 N–H and O–H groups in total. The van der Waals surface area contributed by atoms with Gasteiger partial charge in [0.05, 0.1) is 12.6 Å². The van der Waals surface area contributed by atoms with Crippen LogP contribution < -0.4 is 5.32 Å². The highest BCUT2D eigenvalue weighted by molar-refractivity contribution is 5.71. The Bertz CT molecular complexity index is 376. The van der Waals surface area contributed by atoms with Crippen molar-refractivity contribution in [1.29, 1.82) is 0 Å². The van der Waals surface area contributed by atoms with Gasteiger partial charge in [-0.25, -0.2) is 4.39 Å². The summed E-state index contributed by atoms with van der Waals surface area (Å²) < 4.78 is 17.7. The number of rotatable bonds is 6. The van der Waals surface area contributed by atoms with E-state index in [0.29, 0.717) is 0 Å². The molecule has 0 aromatic heterocycles. The highest BCUT2D eigenvalue weighted by Gasteiger charge is 2.08. The van der Waals surface area contributed by atoms with Crippen LogP contribution in [0, 0.1) is 5.82 Å². The van der Waals surface area contributed by atoms with Gasteiger partial charge in [-0.1, -0.05) is 12.1 Å². The predicted molar refractivity (Wildman–Crippen MR) is 68.8 cm³/mol. The highest BCUT2D eigenvalue weighted by atomic mass is 19.1. The number of carbonyl (C=O) groups is 1. The Kier molecular flexibility index (Phi) is 5.78. The topological polar surface area (TPSA) is 38.3 Å². The predicted octanol–water partition coefficient (Wildman–Crippen LogP) is 2.30. The molecule has 0 fully saturated rings. The number of halogens is 1. The lowest BCUT2D eigenvalue weighted by Crippen LogP contribution is -2.34. The van der Waals surface area contributed by atoms with Crippen LogP contribution in [0.15, 0.2) is 24.3 Å². The van der Waals surface area contributed by atoms with Crippen molar-refractivity contribution in [2.75, 3.05) is 6.54 Å². The summed E-state index contributed by atoms with van der Waals surface area (Å²) in [7, 11) is 0. The van der Waals surface area contributed by atoms with Gasteiger partial charge in [0.15, 0.2) is 0 Å². The fraction of sp³-hybridized carbons (Fsp3) is 0.500. The summed E-state index contributed by atoms with van der Waals surface area (Å²) in [5.74, 6) is -0.490. The third kappa shape index (κ3) is 5.77. The van der Waals surface area contributed by atoms with Crippen LogP contribution in [0.2, 0.25) is 0 Å². The Morgan fingerprint density at radius 3 is 2.44 bits per heavy atom. The zero-order valence-corrected chi connectivity index (χ0v) is 11.1. The molecule has 0 radical (unpaired) electrons. The quantitative estimate of drug-likeness (QED) is 0.791. The van der Waals surface area contributed by atoms with E-state index in [-0.39, 0.29) is 30.5 Å². The van der Waals surface area contributed by atoms with Crippen molar-refractivity contribution < 1.29 is 13.9 Å². The maximum absolute atomic E-state index is 12.7. The van der Waals surface area contributed by atoms with Crippen LogP contribution in [0.4, 0.5) is 4.39 Å². The first-order valence-electron chi connectivity index (χ1n) is 6.14. The number of hydrogen-bond acceptors (Lipinski definition) is 3. The molecule has 0 saturated carbocycles. The van der Waals surface area contributed by atoms with E-state index in [0.717, 1.165) is 12.0 Å². The summed E-state index contributed by atoms with van der Waals surface area (Å²) in [6.45, 7) is 5.81. The molecule has 0 aliphatic rings. The third-order valence-electron chi connectivity index (χ3n) is 2.42. The van der Waals surface area contributed by atoms with Crippen LogP contribution in [-0.2, 0) is 16.0 Å². The van der Waals surface area contributed by atoms with Crippen LogP contribution in [0.3, 0.4) is 0 Å². The number of benzene rings is 1. The van der Waals surface area contributed by atoms with E-state index in [1.165, 1.54) is 12.1 Å². The van der Waals surface area contributed by atoms with E-state index >= 15 is 0 Å². The lowest BCUT2D eigenvalue weighted by Gasteiger charge is -2.14. The summed E-state index contributed by atoms with van der Waals surface area (Å²) in [5.41, 5.74) is 1.04. The molecule has 0 amide bonds. The standard InChI is InChI=1S/C14H20FNO2/c1-10(2)18-14(17)9-16-11(3)8-12-4-6-13(15)7-5-12/h4-7,10-11,16H,8-9H2,1-3H3. The lowest BCUT2D eigenvalue weighted by atomic mass is 10.1. The minimum absolute atomic E-state index is 0.0910. The van der Waals surface area contributed by atoms with Crippen LogP contribution in [0.1, 0.15) is 26.3 Å². The van der Waals surface area contributed by atoms with Crippen molar-refractivity contribution >= 4 is 5.97 Å². The van der Waals surface area contributed by atoms with Gasteiger partial charge in [-0.2, -0.15) is 0 Å². The van der Waals surface area contributed by atoms with E-state index in [9.17, 15) is 9.18 Å². The van der Waals surface area contributed by atoms with Gasteiger partial charge in [0, 0.05) is 6.04 Å². The molecule has 100 valence electrons. The molecule has 0 spiro atoms. The Labute approximate surface area is 107 Å². The molecular weight excluding hydrogens is 233 g/mol. The minimum atomic E-state index is -0.254. The molecule has 0 aliphatic heterocycles. The van der Waals surface area contributed by atoms with Gasteiger partial charge in [-0.15, -0.1) is 0 Å². The first-order chi connectivity index (χ1) is 8.47. The maximum atomic E-state index is 12.7. The number of hydrogen-bond donors (Lipinski definition) is 1. The van der Waals surface area contributed by atoms with E-state index in [1.807, 2.05) is 20.8 Å². The number of esters is 1. The third-order valence-corrected chi connectivity index (χ3v) is 2.42. The summed E-state index contributed by atoms with van der Waals surface area (Å²) in [5, 5.41) is 3.08. The Balaban J connectivity index is 2.31. The van der Waals surface area contributed by atoms with Crippen molar-refractivity contribution in [2.45, 2.75) is 39.3 Å². The second-order valence-electron chi connectivity index (χ2n) is 4.65. The molecule has 18 heavy (non-hydrogen) atoms. The van der Waals surface area contributed by atoms with Crippen molar-refractivity contribution in [3.63, 3.8) is 0 Å². The first-order valence-corrected chi connectivity index (χ1v) is 6.14. The van der Waals surface area contributed by atoms with Crippen molar-refractivity contribution in [1.82, 2.24) is 5.32 Å². The van der Waals surface area contributed by atoms with Gasteiger partial charge in [0.1, 0.15) is 5.82 Å². The van der Waals surface area contributed by atoms with Gasteiger partial charge >= 0.3 is 5.97 Å². The smallest absolute Gasteiger partial charge is 0.320 e. The molecular formula is C14H20FNO2. The van der Waals surface area contributed by atoms with Crippen LogP contribution >= 0.6 is 0 Å². The first kappa shape index (κ1) is 14.6. The summed E-state index contributed by atoms with van der Waals surface area (Å²) in [4.78, 5) is 11.3. The van der Waals surface area contributed by atoms with E-state index < -0.39 is 0 Å². The lowest BCUT2D eigenvalue weighted by molar-refractivity contribution is -0.146. The van der Waals surface area contributed by atoms with Gasteiger partial charge in [-0.05, 0) is 44.9 Å². The second-order valence-corrected chi connectivity index (χ2v) is 4.65.